The number of likely N-dealkylation sites (tertiary alicyclic amines) is 1. The van der Waals surface area contributed by atoms with Crippen LogP contribution in [-0.4, -0.2) is 31.1 Å². The summed E-state index contributed by atoms with van der Waals surface area (Å²) in [4.78, 5) is 2.72. The lowest BCUT2D eigenvalue weighted by Gasteiger charge is -2.34. The molecule has 1 saturated heterocycles. The molecular formula is C18H30N2. The van der Waals surface area contributed by atoms with Crippen molar-refractivity contribution >= 4 is 0 Å². The Morgan fingerprint density at radius 3 is 2.60 bits per heavy atom. The molecule has 1 aromatic carbocycles. The topological polar surface area (TPSA) is 15.3 Å². The van der Waals surface area contributed by atoms with Crippen LogP contribution in [0.15, 0.2) is 30.3 Å². The van der Waals surface area contributed by atoms with Gasteiger partial charge in [0.1, 0.15) is 0 Å². The van der Waals surface area contributed by atoms with E-state index in [9.17, 15) is 0 Å². The van der Waals surface area contributed by atoms with Gasteiger partial charge in [-0.15, -0.1) is 0 Å². The van der Waals surface area contributed by atoms with Crippen LogP contribution in [0, 0.1) is 5.92 Å². The zero-order chi connectivity index (χ0) is 14.4. The van der Waals surface area contributed by atoms with Gasteiger partial charge in [-0.1, -0.05) is 50.6 Å². The first-order chi connectivity index (χ1) is 9.80. The Hall–Kier alpha value is -0.860. The first-order valence-electron chi connectivity index (χ1n) is 8.26. The minimum Gasteiger partial charge on any atom is -0.312 e. The molecule has 0 amide bonds. The summed E-state index contributed by atoms with van der Waals surface area (Å²) in [6, 6.07) is 12.0. The van der Waals surface area contributed by atoms with Gasteiger partial charge in [0.2, 0.25) is 0 Å². The van der Waals surface area contributed by atoms with E-state index in [0.717, 1.165) is 5.92 Å². The van der Waals surface area contributed by atoms with E-state index < -0.39 is 0 Å². The summed E-state index contributed by atoms with van der Waals surface area (Å²) >= 11 is 0. The Balaban J connectivity index is 2.07. The van der Waals surface area contributed by atoms with E-state index in [1.807, 2.05) is 0 Å². The van der Waals surface area contributed by atoms with Crippen molar-refractivity contribution in [3.8, 4) is 0 Å². The normalized spacial score (nSPS) is 22.9. The average Bonchev–Trinajstić information content (AvgIpc) is 2.94. The Labute approximate surface area is 124 Å². The lowest BCUT2D eigenvalue weighted by atomic mass is 9.96. The highest BCUT2D eigenvalue weighted by Crippen LogP contribution is 2.29. The second-order valence-electron chi connectivity index (χ2n) is 6.09. The highest BCUT2D eigenvalue weighted by molar-refractivity contribution is 5.20. The van der Waals surface area contributed by atoms with E-state index in [4.69, 9.17) is 0 Å². The Kier molecular flexibility index (Phi) is 6.06. The number of hydrogen-bond acceptors (Lipinski definition) is 2. The average molecular weight is 274 g/mol. The Bertz CT molecular complexity index is 376. The maximum absolute atomic E-state index is 3.55. The van der Waals surface area contributed by atoms with Crippen LogP contribution in [0.3, 0.4) is 0 Å². The van der Waals surface area contributed by atoms with Gasteiger partial charge in [-0.05, 0) is 44.3 Å². The fraction of sp³-hybridized carbons (Fsp3) is 0.667. The van der Waals surface area contributed by atoms with Crippen molar-refractivity contribution in [3.05, 3.63) is 35.9 Å². The third kappa shape index (κ3) is 3.62. The van der Waals surface area contributed by atoms with E-state index in [1.54, 1.807) is 0 Å². The van der Waals surface area contributed by atoms with Gasteiger partial charge in [0, 0.05) is 18.6 Å². The second kappa shape index (κ2) is 7.80. The Morgan fingerprint density at radius 2 is 2.00 bits per heavy atom. The zero-order valence-corrected chi connectivity index (χ0v) is 13.3. The van der Waals surface area contributed by atoms with Gasteiger partial charge in [0.05, 0.1) is 0 Å². The number of hydrogen-bond donors (Lipinski definition) is 1. The molecule has 1 N–H and O–H groups in total. The minimum absolute atomic E-state index is 0.446. The fourth-order valence-electron chi connectivity index (χ4n) is 3.75. The maximum atomic E-state index is 3.55. The molecule has 1 aromatic rings. The first-order valence-corrected chi connectivity index (χ1v) is 8.26. The lowest BCUT2D eigenvalue weighted by Crippen LogP contribution is -2.42. The quantitative estimate of drug-likeness (QED) is 0.812. The van der Waals surface area contributed by atoms with Crippen LogP contribution < -0.4 is 5.32 Å². The van der Waals surface area contributed by atoms with Crippen molar-refractivity contribution in [2.75, 3.05) is 20.1 Å². The third-order valence-electron chi connectivity index (χ3n) is 4.76. The SMILES string of the molecule is CCCC1CCN(C(CC)C(NC)c2ccccc2)C1. The largest absolute Gasteiger partial charge is 0.312 e. The van der Waals surface area contributed by atoms with Gasteiger partial charge in [-0.3, -0.25) is 4.90 Å². The van der Waals surface area contributed by atoms with E-state index in [1.165, 1.54) is 44.3 Å². The minimum atomic E-state index is 0.446. The molecule has 0 aliphatic carbocycles. The standard InChI is InChI=1S/C18H30N2/c1-4-9-15-12-13-20(14-15)17(5-2)18(19-3)16-10-7-6-8-11-16/h6-8,10-11,15,17-19H,4-5,9,12-14H2,1-3H3. The highest BCUT2D eigenvalue weighted by atomic mass is 15.2. The monoisotopic (exact) mass is 274 g/mol. The van der Waals surface area contributed by atoms with Gasteiger partial charge >= 0.3 is 0 Å². The molecular weight excluding hydrogens is 244 g/mol. The molecule has 2 heteroatoms. The zero-order valence-electron chi connectivity index (χ0n) is 13.3. The van der Waals surface area contributed by atoms with E-state index >= 15 is 0 Å². The van der Waals surface area contributed by atoms with Gasteiger partial charge in [0.15, 0.2) is 0 Å². The van der Waals surface area contributed by atoms with E-state index in [0.29, 0.717) is 12.1 Å². The summed E-state index contributed by atoms with van der Waals surface area (Å²) in [5.41, 5.74) is 1.42. The number of likely N-dealkylation sites (N-methyl/N-ethyl adjacent to an activating group) is 1. The number of nitrogens with one attached hydrogen (secondary N) is 1. The van der Waals surface area contributed by atoms with Crippen molar-refractivity contribution < 1.29 is 0 Å². The first kappa shape index (κ1) is 15.5. The summed E-state index contributed by atoms with van der Waals surface area (Å²) in [5, 5.41) is 3.55. The van der Waals surface area contributed by atoms with Crippen molar-refractivity contribution in [3.63, 3.8) is 0 Å². The van der Waals surface area contributed by atoms with Crippen LogP contribution in [0.4, 0.5) is 0 Å². The fourth-order valence-corrected chi connectivity index (χ4v) is 3.75. The summed E-state index contributed by atoms with van der Waals surface area (Å²) in [6.45, 7) is 7.19. The molecule has 2 nitrogen and oxygen atoms in total. The number of benzene rings is 1. The van der Waals surface area contributed by atoms with Gasteiger partial charge in [-0.25, -0.2) is 0 Å². The molecule has 1 heterocycles. The molecule has 0 saturated carbocycles. The molecule has 0 bridgehead atoms. The second-order valence-corrected chi connectivity index (χ2v) is 6.09. The third-order valence-corrected chi connectivity index (χ3v) is 4.76. The van der Waals surface area contributed by atoms with Crippen molar-refractivity contribution in [2.24, 2.45) is 5.92 Å². The lowest BCUT2D eigenvalue weighted by molar-refractivity contribution is 0.182. The molecule has 20 heavy (non-hydrogen) atoms. The maximum Gasteiger partial charge on any atom is 0.0475 e. The van der Waals surface area contributed by atoms with Crippen LogP contribution in [0.5, 0.6) is 0 Å². The van der Waals surface area contributed by atoms with Crippen LogP contribution in [-0.2, 0) is 0 Å². The molecule has 0 spiro atoms. The summed E-state index contributed by atoms with van der Waals surface area (Å²) < 4.78 is 0. The van der Waals surface area contributed by atoms with E-state index in [2.05, 4.69) is 61.4 Å². The number of nitrogens with zero attached hydrogens (tertiary/aromatic N) is 1. The molecule has 112 valence electrons. The molecule has 1 aliphatic heterocycles. The van der Waals surface area contributed by atoms with Gasteiger partial charge in [0.25, 0.3) is 0 Å². The van der Waals surface area contributed by atoms with E-state index in [-0.39, 0.29) is 0 Å². The molecule has 3 atom stereocenters. The predicted octanol–water partition coefficient (Wildman–Crippen LogP) is 3.85. The predicted molar refractivity (Wildman–Crippen MR) is 86.9 cm³/mol. The van der Waals surface area contributed by atoms with Gasteiger partial charge in [-0.2, -0.15) is 0 Å². The van der Waals surface area contributed by atoms with Crippen molar-refractivity contribution in [2.45, 2.75) is 51.6 Å². The van der Waals surface area contributed by atoms with Crippen LogP contribution in [0.25, 0.3) is 0 Å². The van der Waals surface area contributed by atoms with Gasteiger partial charge < -0.3 is 5.32 Å². The molecule has 1 fully saturated rings. The van der Waals surface area contributed by atoms with Crippen LogP contribution in [0.1, 0.15) is 51.1 Å². The smallest absolute Gasteiger partial charge is 0.0475 e. The number of rotatable bonds is 7. The van der Waals surface area contributed by atoms with Crippen molar-refractivity contribution in [1.29, 1.82) is 0 Å². The van der Waals surface area contributed by atoms with Crippen LogP contribution >= 0.6 is 0 Å². The van der Waals surface area contributed by atoms with Crippen molar-refractivity contribution in [1.82, 2.24) is 10.2 Å². The summed E-state index contributed by atoms with van der Waals surface area (Å²) in [7, 11) is 2.10. The summed E-state index contributed by atoms with van der Waals surface area (Å²) in [6.07, 6.45) is 5.31. The molecule has 0 aromatic heterocycles. The Morgan fingerprint density at radius 1 is 1.25 bits per heavy atom. The molecule has 3 unspecified atom stereocenters. The molecule has 0 radical (unpaired) electrons. The summed E-state index contributed by atoms with van der Waals surface area (Å²) in [5.74, 6) is 0.919. The van der Waals surface area contributed by atoms with Crippen LogP contribution in [0.2, 0.25) is 0 Å². The molecule has 1 aliphatic rings. The molecule has 2 rings (SSSR count). The highest BCUT2D eigenvalue weighted by Gasteiger charge is 2.31.